The second kappa shape index (κ2) is 3.85. The molecule has 78 valence electrons. The number of phenolic OH excluding ortho intramolecular Hbond substituents is 1. The second-order valence-electron chi connectivity index (χ2n) is 4.12. The van der Waals surface area contributed by atoms with Gasteiger partial charge in [0.15, 0.2) is 0 Å². The zero-order valence-electron chi connectivity index (χ0n) is 8.88. The first-order valence-electron chi connectivity index (χ1n) is 5.23. The zero-order valence-corrected chi connectivity index (χ0v) is 9.77. The molecule has 1 aliphatic rings. The number of phenols is 1. The highest BCUT2D eigenvalue weighted by Gasteiger charge is 2.14. The highest BCUT2D eigenvalue weighted by molar-refractivity contribution is 8.17. The molecule has 0 radical (unpaired) electrons. The number of benzene rings is 1. The lowest BCUT2D eigenvalue weighted by atomic mass is 10.1. The summed E-state index contributed by atoms with van der Waals surface area (Å²) in [7, 11) is 0.104. The van der Waals surface area contributed by atoms with Gasteiger partial charge in [-0.15, -0.1) is 0 Å². The molecule has 2 rings (SSSR count). The van der Waals surface area contributed by atoms with Crippen LogP contribution in [0.25, 0.3) is 0 Å². The van der Waals surface area contributed by atoms with Gasteiger partial charge < -0.3 is 5.11 Å². The van der Waals surface area contributed by atoms with Gasteiger partial charge in [0.25, 0.3) is 0 Å². The molecule has 0 unspecified atom stereocenters. The molecule has 0 bridgehead atoms. The number of thiol groups is 1. The van der Waals surface area contributed by atoms with Gasteiger partial charge in [-0.05, 0) is 66.3 Å². The maximum Gasteiger partial charge on any atom is 0.121 e. The average molecular weight is 210 g/mol. The number of hydrogen-bond acceptors (Lipinski definition) is 1. The maximum atomic E-state index is 9.68. The molecule has 1 heterocycles. The van der Waals surface area contributed by atoms with Crippen LogP contribution in [0, 0.1) is 13.8 Å². The summed E-state index contributed by atoms with van der Waals surface area (Å²) in [5, 5.41) is 9.68. The van der Waals surface area contributed by atoms with Gasteiger partial charge in [0.2, 0.25) is 0 Å². The van der Waals surface area contributed by atoms with E-state index in [0.717, 1.165) is 11.1 Å². The molecule has 14 heavy (non-hydrogen) atoms. The topological polar surface area (TPSA) is 20.2 Å². The molecule has 0 aliphatic carbocycles. The van der Waals surface area contributed by atoms with Crippen molar-refractivity contribution in [1.29, 1.82) is 0 Å². The smallest absolute Gasteiger partial charge is 0.121 e. The van der Waals surface area contributed by atoms with Crippen molar-refractivity contribution >= 4 is 10.9 Å². The summed E-state index contributed by atoms with van der Waals surface area (Å²) >= 11 is 0. The molecular formula is C12H18OS. The third kappa shape index (κ3) is 1.76. The largest absolute Gasteiger partial charge is 0.507 e. The first-order valence-corrected chi connectivity index (χ1v) is 6.95. The lowest BCUT2D eigenvalue weighted by molar-refractivity contribution is 0.466. The number of aryl methyl sites for hydroxylation is 2. The first-order chi connectivity index (χ1) is 6.68. The fraction of sp³-hybridized carbons (Fsp3) is 0.500. The maximum absolute atomic E-state index is 9.68. The van der Waals surface area contributed by atoms with Gasteiger partial charge in [0.05, 0.1) is 0 Å². The van der Waals surface area contributed by atoms with Crippen LogP contribution in [0.3, 0.4) is 0 Å². The molecule has 0 amide bonds. The van der Waals surface area contributed by atoms with Crippen LogP contribution in [-0.2, 0) is 0 Å². The standard InChI is InChI=1S/C12H18OS/c1-9-7-11(8-10(2)12(9)13)14-5-3-4-6-14/h7-8,13-14H,3-6H2,1-2H3. The number of aromatic hydroxyl groups is 1. The Labute approximate surface area is 88.5 Å². The molecule has 1 fully saturated rings. The van der Waals surface area contributed by atoms with E-state index in [2.05, 4.69) is 12.1 Å². The minimum Gasteiger partial charge on any atom is -0.507 e. The summed E-state index contributed by atoms with van der Waals surface area (Å²) < 4.78 is 0. The van der Waals surface area contributed by atoms with Crippen molar-refractivity contribution in [2.24, 2.45) is 0 Å². The molecule has 0 aromatic heterocycles. The van der Waals surface area contributed by atoms with Crippen molar-refractivity contribution in [3.8, 4) is 5.75 Å². The zero-order chi connectivity index (χ0) is 10.1. The molecule has 1 saturated heterocycles. The van der Waals surface area contributed by atoms with Crippen molar-refractivity contribution < 1.29 is 5.11 Å². The summed E-state index contributed by atoms with van der Waals surface area (Å²) in [5.41, 5.74) is 2.07. The monoisotopic (exact) mass is 210 g/mol. The van der Waals surface area contributed by atoms with E-state index in [1.165, 1.54) is 29.2 Å². The highest BCUT2D eigenvalue weighted by Crippen LogP contribution is 2.44. The third-order valence-electron chi connectivity index (χ3n) is 2.95. The van der Waals surface area contributed by atoms with Gasteiger partial charge in [-0.3, -0.25) is 0 Å². The van der Waals surface area contributed by atoms with Crippen molar-refractivity contribution in [1.82, 2.24) is 0 Å². The predicted molar refractivity (Wildman–Crippen MR) is 63.8 cm³/mol. The lowest BCUT2D eigenvalue weighted by Gasteiger charge is -2.16. The van der Waals surface area contributed by atoms with Crippen molar-refractivity contribution in [3.05, 3.63) is 23.3 Å². The van der Waals surface area contributed by atoms with Gasteiger partial charge in [0.1, 0.15) is 5.75 Å². The van der Waals surface area contributed by atoms with Crippen LogP contribution in [0.5, 0.6) is 5.75 Å². The minimum atomic E-state index is 0.104. The van der Waals surface area contributed by atoms with Crippen molar-refractivity contribution in [2.75, 3.05) is 11.5 Å². The Morgan fingerprint density at radius 1 is 1.07 bits per heavy atom. The van der Waals surface area contributed by atoms with Gasteiger partial charge in [-0.1, -0.05) is 0 Å². The lowest BCUT2D eigenvalue weighted by Crippen LogP contribution is -1.88. The predicted octanol–water partition coefficient (Wildman–Crippen LogP) is 3.16. The Bertz CT molecular complexity index is 317. The van der Waals surface area contributed by atoms with Crippen LogP contribution < -0.4 is 0 Å². The molecule has 0 spiro atoms. The molecule has 1 N–H and O–H groups in total. The molecule has 1 nitrogen and oxygen atoms in total. The number of hydrogen-bond donors (Lipinski definition) is 2. The summed E-state index contributed by atoms with van der Waals surface area (Å²) in [6.45, 7) is 3.99. The van der Waals surface area contributed by atoms with Gasteiger partial charge in [-0.2, -0.15) is 0 Å². The minimum absolute atomic E-state index is 0.104. The average Bonchev–Trinajstić information content (AvgIpc) is 2.66. The highest BCUT2D eigenvalue weighted by atomic mass is 32.2. The first kappa shape index (κ1) is 9.91. The SMILES string of the molecule is Cc1cc([SH]2CCCC2)cc(C)c1O. The Morgan fingerprint density at radius 3 is 2.07 bits per heavy atom. The van der Waals surface area contributed by atoms with Crippen LogP contribution in [-0.4, -0.2) is 16.6 Å². The van der Waals surface area contributed by atoms with E-state index in [9.17, 15) is 5.11 Å². The third-order valence-corrected chi connectivity index (χ3v) is 5.65. The van der Waals surface area contributed by atoms with E-state index in [1.54, 1.807) is 0 Å². The van der Waals surface area contributed by atoms with E-state index in [1.807, 2.05) is 13.8 Å². The van der Waals surface area contributed by atoms with Crippen molar-refractivity contribution in [3.63, 3.8) is 0 Å². The van der Waals surface area contributed by atoms with Gasteiger partial charge in [-0.25, -0.2) is 10.9 Å². The van der Waals surface area contributed by atoms with Crippen LogP contribution in [0.2, 0.25) is 0 Å². The summed E-state index contributed by atoms with van der Waals surface area (Å²) in [5.74, 6) is 3.25. The Kier molecular flexibility index (Phi) is 2.73. The molecule has 0 saturated carbocycles. The van der Waals surface area contributed by atoms with E-state index < -0.39 is 0 Å². The molecular weight excluding hydrogens is 192 g/mol. The second-order valence-corrected chi connectivity index (χ2v) is 6.61. The summed E-state index contributed by atoms with van der Waals surface area (Å²) in [6, 6.07) is 4.36. The van der Waals surface area contributed by atoms with E-state index >= 15 is 0 Å². The van der Waals surface area contributed by atoms with Crippen LogP contribution in [0.15, 0.2) is 17.0 Å². The van der Waals surface area contributed by atoms with E-state index in [0.29, 0.717) is 5.75 Å². The summed E-state index contributed by atoms with van der Waals surface area (Å²) in [4.78, 5) is 1.49. The quantitative estimate of drug-likeness (QED) is 0.682. The Hall–Kier alpha value is -0.630. The van der Waals surface area contributed by atoms with Crippen LogP contribution in [0.1, 0.15) is 24.0 Å². The number of rotatable bonds is 1. The Morgan fingerprint density at radius 2 is 1.57 bits per heavy atom. The Balaban J connectivity index is 2.34. The van der Waals surface area contributed by atoms with Crippen LogP contribution >= 0.6 is 10.9 Å². The van der Waals surface area contributed by atoms with E-state index in [4.69, 9.17) is 0 Å². The molecule has 2 heteroatoms. The normalized spacial score (nSPS) is 18.9. The van der Waals surface area contributed by atoms with E-state index in [-0.39, 0.29) is 10.9 Å². The molecule has 1 aliphatic heterocycles. The summed E-state index contributed by atoms with van der Waals surface area (Å²) in [6.07, 6.45) is 2.79. The van der Waals surface area contributed by atoms with Gasteiger partial charge >= 0.3 is 0 Å². The molecule has 1 aromatic carbocycles. The molecule has 1 aromatic rings. The van der Waals surface area contributed by atoms with Crippen LogP contribution in [0.4, 0.5) is 0 Å². The fourth-order valence-corrected chi connectivity index (χ4v) is 4.79. The van der Waals surface area contributed by atoms with Crippen molar-refractivity contribution in [2.45, 2.75) is 31.6 Å². The molecule has 0 atom stereocenters. The van der Waals surface area contributed by atoms with Gasteiger partial charge in [0, 0.05) is 0 Å². The fourth-order valence-electron chi connectivity index (χ4n) is 2.09.